The highest BCUT2D eigenvalue weighted by atomic mass is 32.2. The van der Waals surface area contributed by atoms with Gasteiger partial charge in [0.05, 0.1) is 0 Å². The molecule has 0 unspecified atom stereocenters. The summed E-state index contributed by atoms with van der Waals surface area (Å²) in [4.78, 5) is 1.58. The molecule has 3 nitrogen and oxygen atoms in total. The van der Waals surface area contributed by atoms with E-state index in [0.29, 0.717) is 10.9 Å². The second kappa shape index (κ2) is 7.44. The van der Waals surface area contributed by atoms with E-state index < -0.39 is 15.6 Å². The van der Waals surface area contributed by atoms with Gasteiger partial charge in [0, 0.05) is 10.9 Å². The minimum absolute atomic E-state index is 0.289. The van der Waals surface area contributed by atoms with E-state index in [1.165, 1.54) is 29.9 Å². The fourth-order valence-corrected chi connectivity index (χ4v) is 4.34. The summed E-state index contributed by atoms with van der Waals surface area (Å²) in [5.74, 6) is 2.85. The monoisotopic (exact) mass is 370 g/mol. The minimum Gasteiger partial charge on any atom is -0.741 e. The van der Waals surface area contributed by atoms with Gasteiger partial charge in [-0.25, -0.2) is 8.42 Å². The van der Waals surface area contributed by atoms with Gasteiger partial charge in [-0.1, -0.05) is 32.9 Å². The van der Waals surface area contributed by atoms with Crippen molar-refractivity contribution in [1.82, 2.24) is 0 Å². The fourth-order valence-electron chi connectivity index (χ4n) is 2.04. The normalized spacial score (nSPS) is 16.8. The van der Waals surface area contributed by atoms with Gasteiger partial charge in [0.1, 0.15) is 11.5 Å². The molecule has 1 aromatic carbocycles. The lowest BCUT2D eigenvalue weighted by Gasteiger charge is -2.18. The molecule has 1 aliphatic rings. The zero-order valence-corrected chi connectivity index (χ0v) is 14.9. The Bertz CT molecular complexity index is 596. The molecule has 0 saturated carbocycles. The van der Waals surface area contributed by atoms with E-state index in [-0.39, 0.29) is 5.41 Å². The summed E-state index contributed by atoms with van der Waals surface area (Å²) in [5, 5.41) is 0. The lowest BCUT2D eigenvalue weighted by molar-refractivity contribution is -0.0517. The van der Waals surface area contributed by atoms with E-state index in [0.717, 1.165) is 0 Å². The number of alkyl halides is 3. The van der Waals surface area contributed by atoms with Gasteiger partial charge in [-0.15, -0.1) is 0 Å². The number of benzene rings is 1. The van der Waals surface area contributed by atoms with Gasteiger partial charge < -0.3 is 4.55 Å². The summed E-state index contributed by atoms with van der Waals surface area (Å²) < 4.78 is 58.9. The highest BCUT2D eigenvalue weighted by Gasteiger charge is 2.36. The first-order valence-corrected chi connectivity index (χ1v) is 10.1. The number of hydrogen-bond donors (Lipinski definition) is 0. The second-order valence-electron chi connectivity index (χ2n) is 6.28. The summed E-state index contributed by atoms with van der Waals surface area (Å²) in [6.45, 7) is 6.83. The molecule has 1 saturated heterocycles. The summed E-state index contributed by atoms with van der Waals surface area (Å²) in [7, 11) is -5.52. The van der Waals surface area contributed by atoms with Crippen molar-refractivity contribution in [2.24, 2.45) is 0 Å². The van der Waals surface area contributed by atoms with Gasteiger partial charge in [0.2, 0.25) is 0 Å². The Kier molecular flexibility index (Phi) is 6.57. The van der Waals surface area contributed by atoms with Crippen LogP contribution >= 0.6 is 0 Å². The molecule has 0 aliphatic carbocycles. The van der Waals surface area contributed by atoms with Gasteiger partial charge in [0.25, 0.3) is 0 Å². The van der Waals surface area contributed by atoms with Gasteiger partial charge in [-0.2, -0.15) is 13.2 Å². The predicted molar refractivity (Wildman–Crippen MR) is 85.5 cm³/mol. The predicted octanol–water partition coefficient (Wildman–Crippen LogP) is 3.81. The first kappa shape index (κ1) is 20.3. The molecule has 1 fully saturated rings. The summed E-state index contributed by atoms with van der Waals surface area (Å²) in [5.41, 5.74) is -3.90. The van der Waals surface area contributed by atoms with E-state index in [1.54, 1.807) is 4.90 Å². The van der Waals surface area contributed by atoms with E-state index in [4.69, 9.17) is 13.0 Å². The molecule has 0 radical (unpaired) electrons. The van der Waals surface area contributed by atoms with Crippen molar-refractivity contribution < 1.29 is 26.1 Å². The molecule has 0 atom stereocenters. The molecule has 23 heavy (non-hydrogen) atoms. The van der Waals surface area contributed by atoms with Crippen molar-refractivity contribution in [3.63, 3.8) is 0 Å². The van der Waals surface area contributed by atoms with Gasteiger partial charge in [-0.05, 0) is 36.0 Å². The van der Waals surface area contributed by atoms with Crippen LogP contribution in [0.1, 0.15) is 39.2 Å². The molecule has 0 spiro atoms. The van der Waals surface area contributed by atoms with Crippen LogP contribution in [0.25, 0.3) is 0 Å². The average Bonchev–Trinajstić information content (AvgIpc) is 2.90. The summed E-state index contributed by atoms with van der Waals surface area (Å²) in [6, 6.07) is 9.35. The second-order valence-corrected chi connectivity index (χ2v) is 9.93. The largest absolute Gasteiger partial charge is 0.741 e. The van der Waals surface area contributed by atoms with Crippen molar-refractivity contribution >= 4 is 21.0 Å². The van der Waals surface area contributed by atoms with Gasteiger partial charge in [-0.3, -0.25) is 0 Å². The Hall–Kier alpha value is -0.730. The zero-order chi connectivity index (χ0) is 17.9. The molecule has 2 rings (SSSR count). The molecule has 0 aromatic heterocycles. The lowest BCUT2D eigenvalue weighted by Crippen LogP contribution is -2.21. The van der Waals surface area contributed by atoms with Crippen LogP contribution in [0.15, 0.2) is 29.2 Å². The quantitative estimate of drug-likeness (QED) is 0.429. The standard InChI is InChI=1S/C14H21S.CHF3O3S/c1-14(2,3)12-6-8-13(9-7-12)15-10-4-5-11-15;2-1(3,4)8(5,6)7/h6-9H,4-5,10-11H2,1-3H3;(H,5,6,7)/q+1;/p-1. The van der Waals surface area contributed by atoms with Crippen LogP contribution in [0.3, 0.4) is 0 Å². The third-order valence-corrected chi connectivity index (χ3v) is 6.44. The van der Waals surface area contributed by atoms with Crippen LogP contribution in [0, 0.1) is 0 Å². The maximum absolute atomic E-state index is 10.7. The van der Waals surface area contributed by atoms with Crippen molar-refractivity contribution in [2.75, 3.05) is 11.5 Å². The highest BCUT2D eigenvalue weighted by Crippen LogP contribution is 2.27. The van der Waals surface area contributed by atoms with Crippen molar-refractivity contribution in [1.29, 1.82) is 0 Å². The Morgan fingerprint density at radius 3 is 1.70 bits per heavy atom. The van der Waals surface area contributed by atoms with Crippen molar-refractivity contribution in [3.05, 3.63) is 29.8 Å². The fraction of sp³-hybridized carbons (Fsp3) is 0.600. The summed E-state index contributed by atoms with van der Waals surface area (Å²) >= 11 is 0. The lowest BCUT2D eigenvalue weighted by atomic mass is 9.87. The zero-order valence-electron chi connectivity index (χ0n) is 13.3. The van der Waals surface area contributed by atoms with Crippen molar-refractivity contribution in [2.45, 2.75) is 49.4 Å². The molecule has 0 amide bonds. The maximum Gasteiger partial charge on any atom is 0.485 e. The number of hydrogen-bond acceptors (Lipinski definition) is 3. The van der Waals surface area contributed by atoms with Gasteiger partial charge in [0.15, 0.2) is 15.0 Å². The molecule has 0 N–H and O–H groups in total. The smallest absolute Gasteiger partial charge is 0.485 e. The molecule has 8 heteroatoms. The SMILES string of the molecule is CC(C)(C)c1ccc([S+]2CCCC2)cc1.O=S(=O)([O-])C(F)(F)F. The average molecular weight is 370 g/mol. The van der Waals surface area contributed by atoms with E-state index in [9.17, 15) is 13.2 Å². The first-order valence-electron chi connectivity index (χ1n) is 7.12. The Morgan fingerprint density at radius 1 is 1.00 bits per heavy atom. The molecule has 1 aliphatic heterocycles. The van der Waals surface area contributed by atoms with Crippen LogP contribution in [-0.4, -0.2) is 30.0 Å². The van der Waals surface area contributed by atoms with Crippen LogP contribution in [0.2, 0.25) is 0 Å². The van der Waals surface area contributed by atoms with E-state index >= 15 is 0 Å². The third-order valence-electron chi connectivity index (χ3n) is 3.37. The van der Waals surface area contributed by atoms with Crippen LogP contribution < -0.4 is 0 Å². The third kappa shape index (κ3) is 6.35. The minimum atomic E-state index is -6.09. The Morgan fingerprint density at radius 2 is 1.39 bits per heavy atom. The topological polar surface area (TPSA) is 57.2 Å². The summed E-state index contributed by atoms with van der Waals surface area (Å²) in [6.07, 6.45) is 2.87. The van der Waals surface area contributed by atoms with Crippen LogP contribution in [-0.2, 0) is 26.4 Å². The Labute approximate surface area is 138 Å². The molecule has 1 aromatic rings. The van der Waals surface area contributed by atoms with Crippen LogP contribution in [0.4, 0.5) is 13.2 Å². The maximum atomic E-state index is 10.7. The molecule has 0 bridgehead atoms. The highest BCUT2D eigenvalue weighted by molar-refractivity contribution is 7.97. The van der Waals surface area contributed by atoms with E-state index in [2.05, 4.69) is 45.0 Å². The number of rotatable bonds is 1. The first-order chi connectivity index (χ1) is 10.3. The molecule has 132 valence electrons. The van der Waals surface area contributed by atoms with E-state index in [1.807, 2.05) is 0 Å². The van der Waals surface area contributed by atoms with Crippen molar-refractivity contribution in [3.8, 4) is 0 Å². The molecule has 1 heterocycles. The van der Waals surface area contributed by atoms with Crippen LogP contribution in [0.5, 0.6) is 0 Å². The number of halogens is 3. The Balaban J connectivity index is 0.000000284. The molecular formula is C15H21F3O3S2. The van der Waals surface area contributed by atoms with Gasteiger partial charge >= 0.3 is 5.51 Å². The molecular weight excluding hydrogens is 349 g/mol.